The number of carboxylic acid groups (broad SMARTS) is 1. The van der Waals surface area contributed by atoms with Crippen LogP contribution in [0.3, 0.4) is 0 Å². The molecule has 3 nitrogen and oxygen atoms in total. The molecule has 0 heterocycles. The van der Waals surface area contributed by atoms with Gasteiger partial charge in [0.05, 0.1) is 10.7 Å². The SMILES string of the molecule is CCCCNc1cccc(Cl)c1C(=O)O. The molecule has 1 aromatic rings. The van der Waals surface area contributed by atoms with Gasteiger partial charge in [-0.15, -0.1) is 0 Å². The van der Waals surface area contributed by atoms with Gasteiger partial charge < -0.3 is 10.4 Å². The molecule has 1 rings (SSSR count). The van der Waals surface area contributed by atoms with Crippen LogP contribution in [-0.4, -0.2) is 17.6 Å². The summed E-state index contributed by atoms with van der Waals surface area (Å²) in [7, 11) is 0. The first-order chi connectivity index (χ1) is 7.16. The van der Waals surface area contributed by atoms with Gasteiger partial charge in [0.25, 0.3) is 0 Å². The average Bonchev–Trinajstić information content (AvgIpc) is 2.17. The molecule has 82 valence electrons. The van der Waals surface area contributed by atoms with Crippen LogP contribution in [-0.2, 0) is 0 Å². The first kappa shape index (κ1) is 11.9. The molecule has 0 aliphatic carbocycles. The fourth-order valence-electron chi connectivity index (χ4n) is 1.29. The molecule has 0 spiro atoms. The summed E-state index contributed by atoms with van der Waals surface area (Å²) in [6.45, 7) is 2.84. The predicted molar refractivity (Wildman–Crippen MR) is 61.8 cm³/mol. The highest BCUT2D eigenvalue weighted by Crippen LogP contribution is 2.24. The fourth-order valence-corrected chi connectivity index (χ4v) is 1.54. The van der Waals surface area contributed by atoms with Gasteiger partial charge in [-0.2, -0.15) is 0 Å². The Morgan fingerprint density at radius 1 is 1.53 bits per heavy atom. The Bertz CT molecular complexity index is 352. The van der Waals surface area contributed by atoms with Crippen LogP contribution in [0.25, 0.3) is 0 Å². The maximum atomic E-state index is 11.0. The minimum Gasteiger partial charge on any atom is -0.478 e. The largest absolute Gasteiger partial charge is 0.478 e. The van der Waals surface area contributed by atoms with Crippen molar-refractivity contribution >= 4 is 23.3 Å². The number of hydrogen-bond donors (Lipinski definition) is 2. The van der Waals surface area contributed by atoms with Gasteiger partial charge in [0.1, 0.15) is 5.56 Å². The Morgan fingerprint density at radius 3 is 2.87 bits per heavy atom. The minimum absolute atomic E-state index is 0.148. The molecule has 0 radical (unpaired) electrons. The molecule has 0 aliphatic rings. The van der Waals surface area contributed by atoms with E-state index in [9.17, 15) is 4.79 Å². The van der Waals surface area contributed by atoms with Crippen LogP contribution in [0.1, 0.15) is 30.1 Å². The molecule has 4 heteroatoms. The third-order valence-corrected chi connectivity index (χ3v) is 2.39. The van der Waals surface area contributed by atoms with Crippen LogP contribution in [0.5, 0.6) is 0 Å². The third kappa shape index (κ3) is 3.13. The number of carboxylic acids is 1. The second-order valence-corrected chi connectivity index (χ2v) is 3.66. The van der Waals surface area contributed by atoms with Gasteiger partial charge in [0.15, 0.2) is 0 Å². The van der Waals surface area contributed by atoms with Gasteiger partial charge in [-0.25, -0.2) is 4.79 Å². The predicted octanol–water partition coefficient (Wildman–Crippen LogP) is 3.25. The lowest BCUT2D eigenvalue weighted by Gasteiger charge is -2.09. The summed E-state index contributed by atoms with van der Waals surface area (Å²) in [5.41, 5.74) is 0.735. The van der Waals surface area contributed by atoms with E-state index in [0.717, 1.165) is 19.4 Å². The zero-order chi connectivity index (χ0) is 11.3. The maximum absolute atomic E-state index is 11.0. The average molecular weight is 228 g/mol. The topological polar surface area (TPSA) is 49.3 Å². The van der Waals surface area contributed by atoms with Crippen LogP contribution in [0.2, 0.25) is 5.02 Å². The van der Waals surface area contributed by atoms with Crippen LogP contribution in [0.4, 0.5) is 5.69 Å². The smallest absolute Gasteiger partial charge is 0.339 e. The van der Waals surface area contributed by atoms with Gasteiger partial charge >= 0.3 is 5.97 Å². The molecule has 0 aromatic heterocycles. The van der Waals surface area contributed by atoms with Crippen molar-refractivity contribution in [1.29, 1.82) is 0 Å². The first-order valence-electron chi connectivity index (χ1n) is 4.92. The second-order valence-electron chi connectivity index (χ2n) is 3.25. The fraction of sp³-hybridized carbons (Fsp3) is 0.364. The first-order valence-corrected chi connectivity index (χ1v) is 5.30. The number of anilines is 1. The standard InChI is InChI=1S/C11H14ClNO2/c1-2-3-7-13-9-6-4-5-8(12)10(9)11(14)15/h4-6,13H,2-3,7H2,1H3,(H,14,15). The third-order valence-electron chi connectivity index (χ3n) is 2.07. The van der Waals surface area contributed by atoms with Crippen LogP contribution < -0.4 is 5.32 Å². The van der Waals surface area contributed by atoms with Crippen molar-refractivity contribution in [2.45, 2.75) is 19.8 Å². The molecule has 0 amide bonds. The highest BCUT2D eigenvalue weighted by atomic mass is 35.5. The molecular weight excluding hydrogens is 214 g/mol. The lowest BCUT2D eigenvalue weighted by atomic mass is 10.1. The maximum Gasteiger partial charge on any atom is 0.339 e. The lowest BCUT2D eigenvalue weighted by Crippen LogP contribution is -2.07. The Balaban J connectivity index is 2.86. The molecule has 2 N–H and O–H groups in total. The number of halogens is 1. The van der Waals surface area contributed by atoms with Crippen molar-refractivity contribution in [2.75, 3.05) is 11.9 Å². The summed E-state index contributed by atoms with van der Waals surface area (Å²) in [5.74, 6) is -1.00. The van der Waals surface area contributed by atoms with Gasteiger partial charge in [-0.3, -0.25) is 0 Å². The summed E-state index contributed by atoms with van der Waals surface area (Å²) in [6.07, 6.45) is 2.07. The molecule has 0 bridgehead atoms. The number of unbranched alkanes of at least 4 members (excludes halogenated alkanes) is 1. The van der Waals surface area contributed by atoms with Crippen LogP contribution in [0, 0.1) is 0 Å². The Morgan fingerprint density at radius 2 is 2.27 bits per heavy atom. The molecular formula is C11H14ClNO2. The number of nitrogens with one attached hydrogen (secondary N) is 1. The number of aromatic carboxylic acids is 1. The van der Waals surface area contributed by atoms with Crippen molar-refractivity contribution in [1.82, 2.24) is 0 Å². The van der Waals surface area contributed by atoms with Gasteiger partial charge in [0.2, 0.25) is 0 Å². The minimum atomic E-state index is -1.00. The molecule has 0 unspecified atom stereocenters. The number of hydrogen-bond acceptors (Lipinski definition) is 2. The number of carbonyl (C=O) groups is 1. The monoisotopic (exact) mass is 227 g/mol. The molecule has 0 saturated heterocycles. The Kier molecular flexibility index (Phi) is 4.43. The van der Waals surface area contributed by atoms with Crippen molar-refractivity contribution in [2.24, 2.45) is 0 Å². The molecule has 0 aliphatic heterocycles. The van der Waals surface area contributed by atoms with Crippen LogP contribution in [0.15, 0.2) is 18.2 Å². The van der Waals surface area contributed by atoms with E-state index in [1.807, 2.05) is 0 Å². The van der Waals surface area contributed by atoms with E-state index in [2.05, 4.69) is 12.2 Å². The highest BCUT2D eigenvalue weighted by molar-refractivity contribution is 6.34. The zero-order valence-electron chi connectivity index (χ0n) is 8.59. The highest BCUT2D eigenvalue weighted by Gasteiger charge is 2.13. The van der Waals surface area contributed by atoms with E-state index in [1.165, 1.54) is 0 Å². The normalized spacial score (nSPS) is 10.0. The Hall–Kier alpha value is -1.22. The molecule has 0 saturated carbocycles. The van der Waals surface area contributed by atoms with Crippen LogP contribution >= 0.6 is 11.6 Å². The summed E-state index contributed by atoms with van der Waals surface area (Å²) in [5, 5.41) is 12.3. The lowest BCUT2D eigenvalue weighted by molar-refractivity contribution is 0.0698. The van der Waals surface area contributed by atoms with Crippen molar-refractivity contribution in [3.8, 4) is 0 Å². The Labute approximate surface area is 94.1 Å². The van der Waals surface area contributed by atoms with Crippen molar-refractivity contribution < 1.29 is 9.90 Å². The van der Waals surface area contributed by atoms with Gasteiger partial charge in [0, 0.05) is 6.54 Å². The zero-order valence-corrected chi connectivity index (χ0v) is 9.34. The number of rotatable bonds is 5. The van der Waals surface area contributed by atoms with Crippen molar-refractivity contribution in [3.05, 3.63) is 28.8 Å². The van der Waals surface area contributed by atoms with E-state index < -0.39 is 5.97 Å². The second kappa shape index (κ2) is 5.61. The van der Waals surface area contributed by atoms with E-state index in [-0.39, 0.29) is 10.6 Å². The van der Waals surface area contributed by atoms with E-state index >= 15 is 0 Å². The summed E-state index contributed by atoms with van der Waals surface area (Å²) < 4.78 is 0. The van der Waals surface area contributed by atoms with Gasteiger partial charge in [-0.05, 0) is 18.6 Å². The summed E-state index contributed by atoms with van der Waals surface area (Å²) in [6, 6.07) is 5.05. The van der Waals surface area contributed by atoms with E-state index in [0.29, 0.717) is 5.69 Å². The van der Waals surface area contributed by atoms with E-state index in [4.69, 9.17) is 16.7 Å². The molecule has 0 fully saturated rings. The summed E-state index contributed by atoms with van der Waals surface area (Å²) >= 11 is 5.82. The van der Waals surface area contributed by atoms with E-state index in [1.54, 1.807) is 18.2 Å². The molecule has 1 aromatic carbocycles. The number of benzene rings is 1. The van der Waals surface area contributed by atoms with Gasteiger partial charge in [-0.1, -0.05) is 31.0 Å². The molecule has 15 heavy (non-hydrogen) atoms. The van der Waals surface area contributed by atoms with Crippen molar-refractivity contribution in [3.63, 3.8) is 0 Å². The molecule has 0 atom stereocenters. The summed E-state index contributed by atoms with van der Waals surface area (Å²) in [4.78, 5) is 11.0. The quantitative estimate of drug-likeness (QED) is 0.760.